The van der Waals surface area contributed by atoms with Gasteiger partial charge in [0, 0.05) is 12.6 Å². The fourth-order valence-corrected chi connectivity index (χ4v) is 2.77. The molecule has 1 heterocycles. The summed E-state index contributed by atoms with van der Waals surface area (Å²) in [5, 5.41) is 2.53. The Morgan fingerprint density at radius 3 is 2.41 bits per heavy atom. The Bertz CT molecular complexity index is 890. The molecule has 0 bridgehead atoms. The predicted molar refractivity (Wildman–Crippen MR) is 104 cm³/mol. The number of carbonyl (C=O) groups is 1. The minimum absolute atomic E-state index is 0.133. The van der Waals surface area contributed by atoms with E-state index in [-0.39, 0.29) is 11.4 Å². The van der Waals surface area contributed by atoms with Crippen LogP contribution in [0.4, 0.5) is 10.1 Å². The summed E-state index contributed by atoms with van der Waals surface area (Å²) >= 11 is 0. The van der Waals surface area contributed by atoms with E-state index in [1.54, 1.807) is 24.3 Å². The summed E-state index contributed by atoms with van der Waals surface area (Å²) in [6.45, 7) is 5.62. The summed E-state index contributed by atoms with van der Waals surface area (Å²) in [6, 6.07) is 20.0. The van der Waals surface area contributed by atoms with Crippen molar-refractivity contribution in [3.63, 3.8) is 0 Å². The average molecular weight is 366 g/mol. The summed E-state index contributed by atoms with van der Waals surface area (Å²) in [5.74, 6) is -0.0908. The molecule has 0 aliphatic carbocycles. The van der Waals surface area contributed by atoms with E-state index in [0.717, 1.165) is 6.54 Å². The monoisotopic (exact) mass is 366 g/mol. The SMILES string of the molecule is CC(C)N(Cc1ccccc1)Cc1ccc(C(=O)Nc2ccccc2F)o1. The summed E-state index contributed by atoms with van der Waals surface area (Å²) in [6.07, 6.45) is 0. The molecule has 0 fully saturated rings. The molecule has 0 unspecified atom stereocenters. The third-order valence-electron chi connectivity index (χ3n) is 4.33. The van der Waals surface area contributed by atoms with Crippen molar-refractivity contribution < 1.29 is 13.6 Å². The number of benzene rings is 2. The molecule has 27 heavy (non-hydrogen) atoms. The van der Waals surface area contributed by atoms with Crippen LogP contribution in [0.5, 0.6) is 0 Å². The van der Waals surface area contributed by atoms with Crippen LogP contribution in [0.3, 0.4) is 0 Å². The summed E-state index contributed by atoms with van der Waals surface area (Å²) in [4.78, 5) is 14.6. The Labute approximate surface area is 158 Å². The van der Waals surface area contributed by atoms with Crippen LogP contribution in [0.15, 0.2) is 71.1 Å². The molecule has 0 atom stereocenters. The van der Waals surface area contributed by atoms with Crippen LogP contribution in [0.2, 0.25) is 0 Å². The van der Waals surface area contributed by atoms with Crippen molar-refractivity contribution >= 4 is 11.6 Å². The maximum atomic E-state index is 13.7. The van der Waals surface area contributed by atoms with Crippen LogP contribution in [-0.4, -0.2) is 16.8 Å². The van der Waals surface area contributed by atoms with E-state index < -0.39 is 11.7 Å². The highest BCUT2D eigenvalue weighted by atomic mass is 19.1. The Morgan fingerprint density at radius 2 is 1.70 bits per heavy atom. The first-order valence-corrected chi connectivity index (χ1v) is 8.95. The summed E-state index contributed by atoms with van der Waals surface area (Å²) in [7, 11) is 0. The third kappa shape index (κ3) is 5.05. The van der Waals surface area contributed by atoms with Gasteiger partial charge in [-0.15, -0.1) is 0 Å². The van der Waals surface area contributed by atoms with E-state index in [0.29, 0.717) is 18.3 Å². The number of rotatable bonds is 7. The number of nitrogens with one attached hydrogen (secondary N) is 1. The van der Waals surface area contributed by atoms with E-state index in [1.807, 2.05) is 18.2 Å². The van der Waals surface area contributed by atoms with Crippen molar-refractivity contribution in [1.82, 2.24) is 4.90 Å². The number of hydrogen-bond donors (Lipinski definition) is 1. The van der Waals surface area contributed by atoms with Crippen molar-refractivity contribution in [2.45, 2.75) is 33.0 Å². The molecule has 0 radical (unpaired) electrons. The van der Waals surface area contributed by atoms with Gasteiger partial charge in [-0.1, -0.05) is 42.5 Å². The van der Waals surface area contributed by atoms with Crippen LogP contribution in [0.25, 0.3) is 0 Å². The van der Waals surface area contributed by atoms with E-state index in [2.05, 4.69) is 36.2 Å². The van der Waals surface area contributed by atoms with Gasteiger partial charge in [0.2, 0.25) is 0 Å². The lowest BCUT2D eigenvalue weighted by atomic mass is 10.2. The van der Waals surface area contributed by atoms with Crippen molar-refractivity contribution in [3.8, 4) is 0 Å². The molecule has 5 heteroatoms. The minimum atomic E-state index is -0.480. The second-order valence-electron chi connectivity index (χ2n) is 6.68. The van der Waals surface area contributed by atoms with Crippen LogP contribution in [0.1, 0.15) is 35.7 Å². The smallest absolute Gasteiger partial charge is 0.291 e. The van der Waals surface area contributed by atoms with Crippen LogP contribution in [0, 0.1) is 5.82 Å². The van der Waals surface area contributed by atoms with E-state index in [1.165, 1.54) is 17.7 Å². The molecule has 0 saturated carbocycles. The van der Waals surface area contributed by atoms with E-state index >= 15 is 0 Å². The molecule has 0 aliphatic rings. The Kier molecular flexibility index (Phi) is 6.04. The zero-order valence-electron chi connectivity index (χ0n) is 15.5. The number of nitrogens with zero attached hydrogens (tertiary/aromatic N) is 1. The van der Waals surface area contributed by atoms with E-state index in [9.17, 15) is 9.18 Å². The zero-order chi connectivity index (χ0) is 19.2. The van der Waals surface area contributed by atoms with Crippen LogP contribution < -0.4 is 5.32 Å². The molecule has 1 amide bonds. The lowest BCUT2D eigenvalue weighted by molar-refractivity contribution is 0.0990. The molecule has 0 saturated heterocycles. The lowest BCUT2D eigenvalue weighted by Gasteiger charge is -2.25. The standard InChI is InChI=1S/C22H23FN2O2/c1-16(2)25(14-17-8-4-3-5-9-17)15-18-12-13-21(27-18)22(26)24-20-11-7-6-10-19(20)23/h3-13,16H,14-15H2,1-2H3,(H,24,26). The first-order valence-electron chi connectivity index (χ1n) is 8.95. The molecule has 3 aromatic rings. The van der Waals surface area contributed by atoms with Crippen molar-refractivity contribution in [1.29, 1.82) is 0 Å². The second-order valence-corrected chi connectivity index (χ2v) is 6.68. The number of halogens is 1. The fourth-order valence-electron chi connectivity index (χ4n) is 2.77. The minimum Gasteiger partial charge on any atom is -0.455 e. The Hall–Kier alpha value is -2.92. The van der Waals surface area contributed by atoms with Gasteiger partial charge in [-0.3, -0.25) is 9.69 Å². The zero-order valence-corrected chi connectivity index (χ0v) is 15.5. The molecule has 3 rings (SSSR count). The maximum absolute atomic E-state index is 13.7. The summed E-state index contributed by atoms with van der Waals surface area (Å²) in [5.41, 5.74) is 1.35. The van der Waals surface area contributed by atoms with Gasteiger partial charge in [0.25, 0.3) is 5.91 Å². The van der Waals surface area contributed by atoms with Crippen molar-refractivity contribution in [3.05, 3.63) is 89.6 Å². The first-order chi connectivity index (χ1) is 13.0. The number of para-hydroxylation sites is 1. The molecule has 1 N–H and O–H groups in total. The molecule has 0 aliphatic heterocycles. The number of amides is 1. The van der Waals surface area contributed by atoms with Crippen LogP contribution >= 0.6 is 0 Å². The molecule has 2 aromatic carbocycles. The maximum Gasteiger partial charge on any atom is 0.291 e. The van der Waals surface area contributed by atoms with Gasteiger partial charge >= 0.3 is 0 Å². The molecular weight excluding hydrogens is 343 g/mol. The highest BCUT2D eigenvalue weighted by Gasteiger charge is 2.17. The quantitative estimate of drug-likeness (QED) is 0.634. The Balaban J connectivity index is 1.67. The predicted octanol–water partition coefficient (Wildman–Crippen LogP) is 5.08. The topological polar surface area (TPSA) is 45.5 Å². The van der Waals surface area contributed by atoms with Gasteiger partial charge < -0.3 is 9.73 Å². The van der Waals surface area contributed by atoms with Gasteiger partial charge in [0.05, 0.1) is 12.2 Å². The number of carbonyl (C=O) groups excluding carboxylic acids is 1. The molecule has 0 spiro atoms. The highest BCUT2D eigenvalue weighted by Crippen LogP contribution is 2.18. The average Bonchev–Trinajstić information content (AvgIpc) is 3.12. The largest absolute Gasteiger partial charge is 0.455 e. The molecule has 4 nitrogen and oxygen atoms in total. The third-order valence-corrected chi connectivity index (χ3v) is 4.33. The van der Waals surface area contributed by atoms with Crippen LogP contribution in [-0.2, 0) is 13.1 Å². The first kappa shape index (κ1) is 18.9. The van der Waals surface area contributed by atoms with Crippen molar-refractivity contribution in [2.75, 3.05) is 5.32 Å². The Morgan fingerprint density at radius 1 is 1.00 bits per heavy atom. The van der Waals surface area contributed by atoms with Gasteiger partial charge in [0.15, 0.2) is 5.76 Å². The summed E-state index contributed by atoms with van der Waals surface area (Å²) < 4.78 is 19.4. The van der Waals surface area contributed by atoms with E-state index in [4.69, 9.17) is 4.42 Å². The lowest BCUT2D eigenvalue weighted by Crippen LogP contribution is -2.29. The molecular formula is C22H23FN2O2. The highest BCUT2D eigenvalue weighted by molar-refractivity contribution is 6.02. The van der Waals surface area contributed by atoms with Gasteiger partial charge in [-0.2, -0.15) is 0 Å². The van der Waals surface area contributed by atoms with Gasteiger partial charge in [-0.05, 0) is 43.7 Å². The second kappa shape index (κ2) is 8.64. The number of hydrogen-bond acceptors (Lipinski definition) is 3. The number of anilines is 1. The van der Waals surface area contributed by atoms with Gasteiger partial charge in [-0.25, -0.2) is 4.39 Å². The van der Waals surface area contributed by atoms with Gasteiger partial charge in [0.1, 0.15) is 11.6 Å². The molecule has 140 valence electrons. The number of furan rings is 1. The normalized spacial score (nSPS) is 11.1. The molecule has 1 aromatic heterocycles. The van der Waals surface area contributed by atoms with Crippen molar-refractivity contribution in [2.24, 2.45) is 0 Å². The fraction of sp³-hybridized carbons (Fsp3) is 0.227.